The molecular formula is C18H13ClF3N3O4. The van der Waals surface area contributed by atoms with E-state index in [-0.39, 0.29) is 0 Å². The van der Waals surface area contributed by atoms with Crippen LogP contribution in [0, 0.1) is 10.1 Å². The normalized spacial score (nSPS) is 20.5. The minimum absolute atomic E-state index is 0.397. The van der Waals surface area contributed by atoms with E-state index >= 15 is 0 Å². The number of imidazole rings is 1. The van der Waals surface area contributed by atoms with Crippen LogP contribution in [0.5, 0.6) is 0 Å². The van der Waals surface area contributed by atoms with Crippen molar-refractivity contribution in [1.29, 1.82) is 0 Å². The molecule has 0 saturated carbocycles. The van der Waals surface area contributed by atoms with E-state index in [4.69, 9.17) is 31.7 Å². The number of alkyl halides is 3. The summed E-state index contributed by atoms with van der Waals surface area (Å²) in [4.78, 5) is 12.3. The van der Waals surface area contributed by atoms with Gasteiger partial charge in [-0.05, 0) is 23.8 Å². The van der Waals surface area contributed by atoms with Gasteiger partial charge in [0.05, 0.1) is 11.9 Å². The van der Waals surface area contributed by atoms with Gasteiger partial charge in [-0.2, -0.15) is 13.2 Å². The lowest BCUT2D eigenvalue weighted by Gasteiger charge is -2.17. The quantitative estimate of drug-likeness (QED) is 0.372. The fourth-order valence-electron chi connectivity index (χ4n) is 3.07. The van der Waals surface area contributed by atoms with Gasteiger partial charge in [0.1, 0.15) is 0 Å². The molecule has 1 aliphatic heterocycles. The van der Waals surface area contributed by atoms with Crippen molar-refractivity contribution in [3.05, 3.63) is 99.1 Å². The Morgan fingerprint density at radius 1 is 1.24 bits per heavy atom. The third-order valence-corrected chi connectivity index (χ3v) is 4.61. The molecule has 1 saturated heterocycles. The molecule has 1 aromatic heterocycles. The number of epoxide rings is 1. The molecule has 1 aliphatic rings. The van der Waals surface area contributed by atoms with Gasteiger partial charge in [-0.25, -0.2) is 4.98 Å². The fraction of sp³-hybridized carbons (Fsp3) is 0.167. The Hall–Kier alpha value is -3.11. The minimum Gasteiger partial charge on any atom is -0.333 e. The molecule has 11 heteroatoms. The summed E-state index contributed by atoms with van der Waals surface area (Å²) in [5.41, 5.74) is -0.791. The zero-order valence-electron chi connectivity index (χ0n) is 14.5. The molecule has 7 nitrogen and oxygen atoms in total. The first-order valence-corrected chi connectivity index (χ1v) is 8.45. The van der Waals surface area contributed by atoms with Gasteiger partial charge in [0.25, 0.3) is 5.09 Å². The number of aromatic nitrogens is 2. The van der Waals surface area contributed by atoms with E-state index in [9.17, 15) is 13.2 Å². The first-order chi connectivity index (χ1) is 13.7. The molecule has 2 aromatic carbocycles. The van der Waals surface area contributed by atoms with Gasteiger partial charge in [0.15, 0.2) is 11.8 Å². The first-order valence-electron chi connectivity index (χ1n) is 8.07. The third kappa shape index (κ3) is 4.17. The minimum atomic E-state index is -4.43. The molecule has 0 amide bonds. The lowest BCUT2D eigenvalue weighted by molar-refractivity contribution is -0.742. The number of hydrogen-bond acceptors (Lipinski definition) is 4. The van der Waals surface area contributed by atoms with Crippen molar-refractivity contribution < 1.29 is 28.2 Å². The Labute approximate surface area is 167 Å². The summed E-state index contributed by atoms with van der Waals surface area (Å²) < 4.78 is 47.1. The number of rotatable bonds is 3. The maximum absolute atomic E-state index is 13.1. The van der Waals surface area contributed by atoms with Crippen LogP contribution in [-0.4, -0.2) is 19.8 Å². The summed E-state index contributed by atoms with van der Waals surface area (Å²) in [6.45, 7) is 0. The van der Waals surface area contributed by atoms with E-state index in [1.54, 1.807) is 53.6 Å². The number of hydrogen-bond donors (Lipinski definition) is 1. The van der Waals surface area contributed by atoms with Gasteiger partial charge in [-0.15, -0.1) is 10.1 Å². The van der Waals surface area contributed by atoms with Crippen LogP contribution >= 0.6 is 11.6 Å². The summed E-state index contributed by atoms with van der Waals surface area (Å²) in [5.74, 6) is 0. The van der Waals surface area contributed by atoms with Gasteiger partial charge in [-0.3, -0.25) is 0 Å². The number of benzene rings is 2. The summed E-state index contributed by atoms with van der Waals surface area (Å²) in [6, 6.07) is 12.2. The molecule has 1 N–H and O–H groups in total. The van der Waals surface area contributed by atoms with Gasteiger partial charge in [0.2, 0.25) is 0 Å². The Kier molecular flexibility index (Phi) is 5.49. The van der Waals surface area contributed by atoms with Crippen LogP contribution in [0.4, 0.5) is 13.2 Å². The summed E-state index contributed by atoms with van der Waals surface area (Å²) in [5, 5.41) is 14.1. The predicted octanol–water partition coefficient (Wildman–Crippen LogP) is 4.68. The Morgan fingerprint density at radius 2 is 1.93 bits per heavy atom. The monoisotopic (exact) mass is 427 g/mol. The van der Waals surface area contributed by atoms with Crippen LogP contribution in [0.2, 0.25) is 5.02 Å². The smallest absolute Gasteiger partial charge is 0.333 e. The standard InChI is InChI=1S/C18H12ClF3N2O.HNO3/c19-15-7-2-1-6-14(15)17(16(25-17)24-9-8-23-11-24)12-4-3-5-13(10-12)18(20,21)22;2-1(3)4/h1-11,16H;(H,2,3,4). The van der Waals surface area contributed by atoms with Crippen molar-refractivity contribution in [2.75, 3.05) is 0 Å². The van der Waals surface area contributed by atoms with Gasteiger partial charge >= 0.3 is 6.18 Å². The van der Waals surface area contributed by atoms with Crippen molar-refractivity contribution in [3.8, 4) is 0 Å². The summed E-state index contributed by atoms with van der Waals surface area (Å²) in [7, 11) is 0. The second-order valence-corrected chi connectivity index (χ2v) is 6.42. The highest BCUT2D eigenvalue weighted by atomic mass is 35.5. The molecular weight excluding hydrogens is 415 g/mol. The van der Waals surface area contributed by atoms with Crippen LogP contribution in [0.15, 0.2) is 67.3 Å². The molecule has 0 spiro atoms. The zero-order chi connectivity index (χ0) is 21.2. The van der Waals surface area contributed by atoms with E-state index in [1.165, 1.54) is 6.07 Å². The second-order valence-electron chi connectivity index (χ2n) is 6.01. The van der Waals surface area contributed by atoms with Gasteiger partial charge in [0, 0.05) is 23.0 Å². The third-order valence-electron chi connectivity index (χ3n) is 4.28. The van der Waals surface area contributed by atoms with Gasteiger partial charge in [-0.1, -0.05) is 41.9 Å². The van der Waals surface area contributed by atoms with E-state index in [0.29, 0.717) is 16.1 Å². The number of nitrogens with zero attached hydrogens (tertiary/aromatic N) is 3. The molecule has 2 atom stereocenters. The SMILES string of the molecule is FC(F)(F)c1cccc(C2(c3ccccc3Cl)OC2n2ccnc2)c1.O=[N+]([O-])O. The van der Waals surface area contributed by atoms with E-state index < -0.39 is 28.7 Å². The van der Waals surface area contributed by atoms with E-state index in [2.05, 4.69) is 4.98 Å². The van der Waals surface area contributed by atoms with Crippen molar-refractivity contribution in [1.82, 2.24) is 9.55 Å². The molecule has 152 valence electrons. The fourth-order valence-corrected chi connectivity index (χ4v) is 3.35. The number of ether oxygens (including phenoxy) is 1. The van der Waals surface area contributed by atoms with Crippen molar-refractivity contribution in [3.63, 3.8) is 0 Å². The molecule has 0 radical (unpaired) electrons. The van der Waals surface area contributed by atoms with E-state index in [0.717, 1.165) is 12.1 Å². The lowest BCUT2D eigenvalue weighted by Crippen LogP contribution is -2.16. The van der Waals surface area contributed by atoms with Crippen LogP contribution in [0.3, 0.4) is 0 Å². The van der Waals surface area contributed by atoms with Crippen molar-refractivity contribution in [2.45, 2.75) is 18.0 Å². The van der Waals surface area contributed by atoms with Crippen LogP contribution in [0.1, 0.15) is 22.9 Å². The highest BCUT2D eigenvalue weighted by Gasteiger charge is 2.61. The molecule has 2 heterocycles. The van der Waals surface area contributed by atoms with Crippen LogP contribution < -0.4 is 0 Å². The summed E-state index contributed by atoms with van der Waals surface area (Å²) in [6.07, 6.45) is -0.0888. The molecule has 4 rings (SSSR count). The lowest BCUT2D eigenvalue weighted by atomic mass is 9.89. The Morgan fingerprint density at radius 3 is 2.52 bits per heavy atom. The average molecular weight is 428 g/mol. The largest absolute Gasteiger partial charge is 0.416 e. The summed E-state index contributed by atoms with van der Waals surface area (Å²) >= 11 is 6.33. The van der Waals surface area contributed by atoms with Crippen LogP contribution in [-0.2, 0) is 16.5 Å². The van der Waals surface area contributed by atoms with Crippen molar-refractivity contribution in [2.24, 2.45) is 0 Å². The zero-order valence-corrected chi connectivity index (χ0v) is 15.2. The molecule has 0 bridgehead atoms. The highest BCUT2D eigenvalue weighted by molar-refractivity contribution is 6.31. The molecule has 2 unspecified atom stereocenters. The molecule has 29 heavy (non-hydrogen) atoms. The predicted molar refractivity (Wildman–Crippen MR) is 94.8 cm³/mol. The maximum atomic E-state index is 13.1. The average Bonchev–Trinajstić information content (AvgIpc) is 3.16. The first kappa shape index (κ1) is 20.6. The van der Waals surface area contributed by atoms with Crippen LogP contribution in [0.25, 0.3) is 0 Å². The Bertz CT molecular complexity index is 1010. The number of halogens is 4. The highest BCUT2D eigenvalue weighted by Crippen LogP contribution is 2.60. The van der Waals surface area contributed by atoms with Crippen molar-refractivity contribution >= 4 is 11.6 Å². The Balaban J connectivity index is 0.000000552. The molecule has 3 aromatic rings. The molecule has 1 fully saturated rings. The van der Waals surface area contributed by atoms with E-state index in [1.807, 2.05) is 0 Å². The maximum Gasteiger partial charge on any atom is 0.416 e. The topological polar surface area (TPSA) is 93.7 Å². The second kappa shape index (κ2) is 7.72. The van der Waals surface area contributed by atoms with Gasteiger partial charge < -0.3 is 14.5 Å². The molecule has 0 aliphatic carbocycles.